The van der Waals surface area contributed by atoms with E-state index in [9.17, 15) is 0 Å². The van der Waals surface area contributed by atoms with Crippen LogP contribution >= 0.6 is 0 Å². The standard InChI is InChI=1S/C62H111NO4/c1-6-7-8-9-10-11-12-13-14-15-16-17-18-19-20-25-42-65-50-57(49-63-41-38-52-29-22-23-30-53(52)48-63)67-46-27-44-64-43-26-45-66-56-36-39-62(5)55(47-56)32-34-58-59-35-33-54(31-24-21-28-51(2)3)61(59,4)40-37-60(58)62/h13-14,32,51-54,56-60H,6-12,15-31,33-50H2,1-5H3/b14-13-. The summed E-state index contributed by atoms with van der Waals surface area (Å²) in [6.45, 7) is 20.7. The Morgan fingerprint density at radius 3 is 2.16 bits per heavy atom. The van der Waals surface area contributed by atoms with Crippen LogP contribution in [0.25, 0.3) is 0 Å². The molecule has 0 radical (unpaired) electrons. The predicted octanol–water partition coefficient (Wildman–Crippen LogP) is 16.9. The van der Waals surface area contributed by atoms with E-state index < -0.39 is 0 Å². The van der Waals surface area contributed by atoms with Crippen molar-refractivity contribution < 1.29 is 18.9 Å². The van der Waals surface area contributed by atoms with Crippen LogP contribution in [0, 0.1) is 52.3 Å². The number of rotatable bonds is 35. The lowest BCUT2D eigenvalue weighted by Gasteiger charge is -2.58. The van der Waals surface area contributed by atoms with Crippen molar-refractivity contribution in [1.82, 2.24) is 4.90 Å². The molecule has 0 aromatic heterocycles. The van der Waals surface area contributed by atoms with Gasteiger partial charge in [0.25, 0.3) is 0 Å². The van der Waals surface area contributed by atoms with E-state index in [0.29, 0.717) is 16.9 Å². The van der Waals surface area contributed by atoms with E-state index in [-0.39, 0.29) is 6.10 Å². The quantitative estimate of drug-likeness (QED) is 0.0468. The van der Waals surface area contributed by atoms with Crippen molar-refractivity contribution in [3.05, 3.63) is 23.8 Å². The minimum Gasteiger partial charge on any atom is -0.381 e. The first-order valence-corrected chi connectivity index (χ1v) is 30.3. The Labute approximate surface area is 416 Å². The number of unbranched alkanes of at least 4 members (excludes halogenated alkanes) is 13. The summed E-state index contributed by atoms with van der Waals surface area (Å²) in [7, 11) is 0. The maximum absolute atomic E-state index is 6.58. The number of piperidine rings is 1. The van der Waals surface area contributed by atoms with Gasteiger partial charge in [-0.3, -0.25) is 0 Å². The van der Waals surface area contributed by atoms with Crippen LogP contribution in [-0.2, 0) is 18.9 Å². The maximum atomic E-state index is 6.58. The van der Waals surface area contributed by atoms with Gasteiger partial charge in [0, 0.05) is 46.1 Å². The van der Waals surface area contributed by atoms with Crippen molar-refractivity contribution in [1.29, 1.82) is 0 Å². The first kappa shape index (κ1) is 55.6. The van der Waals surface area contributed by atoms with Gasteiger partial charge in [-0.2, -0.15) is 0 Å². The third-order valence-electron chi connectivity index (χ3n) is 19.4. The number of likely N-dealkylation sites (tertiary alicyclic amines) is 1. The van der Waals surface area contributed by atoms with E-state index in [0.717, 1.165) is 100 Å². The van der Waals surface area contributed by atoms with Crippen LogP contribution in [0.4, 0.5) is 0 Å². The average Bonchev–Trinajstić information content (AvgIpc) is 3.67. The molecule has 1 aliphatic heterocycles. The van der Waals surface area contributed by atoms with Crippen molar-refractivity contribution in [3.63, 3.8) is 0 Å². The van der Waals surface area contributed by atoms with Gasteiger partial charge in [0.1, 0.15) is 0 Å². The lowest BCUT2D eigenvalue weighted by molar-refractivity contribution is -0.0604. The number of hydrogen-bond acceptors (Lipinski definition) is 5. The lowest BCUT2D eigenvalue weighted by atomic mass is 9.47. The number of nitrogens with zero attached hydrogens (tertiary/aromatic N) is 1. The van der Waals surface area contributed by atoms with E-state index in [1.165, 1.54) is 212 Å². The Morgan fingerprint density at radius 1 is 0.672 bits per heavy atom. The number of hydrogen-bond donors (Lipinski definition) is 0. The third kappa shape index (κ3) is 18.1. The van der Waals surface area contributed by atoms with Crippen LogP contribution in [0.5, 0.6) is 0 Å². The normalized spacial score (nSPS) is 31.4. The Hall–Kier alpha value is -0.720. The molecule has 5 aliphatic carbocycles. The highest BCUT2D eigenvalue weighted by molar-refractivity contribution is 5.25. The van der Waals surface area contributed by atoms with Crippen LogP contribution in [0.2, 0.25) is 0 Å². The maximum Gasteiger partial charge on any atom is 0.0934 e. The van der Waals surface area contributed by atoms with Gasteiger partial charge in [-0.05, 0) is 174 Å². The smallest absolute Gasteiger partial charge is 0.0934 e. The van der Waals surface area contributed by atoms with Gasteiger partial charge >= 0.3 is 0 Å². The molecule has 0 bridgehead atoms. The number of allylic oxidation sites excluding steroid dienone is 3. The summed E-state index contributed by atoms with van der Waals surface area (Å²) >= 11 is 0. The summed E-state index contributed by atoms with van der Waals surface area (Å²) in [6.07, 6.45) is 52.9. The minimum absolute atomic E-state index is 0.160. The molecule has 0 spiro atoms. The van der Waals surface area contributed by atoms with Crippen molar-refractivity contribution in [2.45, 2.75) is 259 Å². The zero-order valence-corrected chi connectivity index (χ0v) is 45.2. The van der Waals surface area contributed by atoms with E-state index in [1.807, 2.05) is 0 Å². The molecule has 388 valence electrons. The molecule has 0 N–H and O–H groups in total. The number of fused-ring (bicyclic) bond motifs is 6. The first-order valence-electron chi connectivity index (χ1n) is 30.3. The Morgan fingerprint density at radius 2 is 1.39 bits per heavy atom. The molecule has 5 heteroatoms. The van der Waals surface area contributed by atoms with Crippen molar-refractivity contribution in [2.75, 3.05) is 59.3 Å². The molecule has 67 heavy (non-hydrogen) atoms. The molecule has 5 nitrogen and oxygen atoms in total. The number of ether oxygens (including phenoxy) is 4. The van der Waals surface area contributed by atoms with Crippen LogP contribution in [0.15, 0.2) is 23.8 Å². The second-order valence-electron chi connectivity index (χ2n) is 24.7. The van der Waals surface area contributed by atoms with E-state index in [2.05, 4.69) is 57.7 Å². The predicted molar refractivity (Wildman–Crippen MR) is 285 cm³/mol. The van der Waals surface area contributed by atoms with Gasteiger partial charge < -0.3 is 23.8 Å². The van der Waals surface area contributed by atoms with Gasteiger partial charge in [0.2, 0.25) is 0 Å². The molecule has 1 saturated heterocycles. The van der Waals surface area contributed by atoms with Crippen LogP contribution in [0.3, 0.4) is 0 Å². The summed E-state index contributed by atoms with van der Waals surface area (Å²) in [5, 5.41) is 0. The molecule has 6 aliphatic rings. The molecule has 4 saturated carbocycles. The second kappa shape index (κ2) is 31.0. The molecular weight excluding hydrogens is 823 g/mol. The molecule has 5 fully saturated rings. The van der Waals surface area contributed by atoms with Crippen molar-refractivity contribution >= 4 is 0 Å². The van der Waals surface area contributed by atoms with Crippen LogP contribution in [-0.4, -0.2) is 76.4 Å². The molecule has 0 amide bonds. The summed E-state index contributed by atoms with van der Waals surface area (Å²) in [5.41, 5.74) is 2.77. The van der Waals surface area contributed by atoms with Gasteiger partial charge in [-0.25, -0.2) is 0 Å². The largest absolute Gasteiger partial charge is 0.381 e. The Balaban J connectivity index is 0.800. The van der Waals surface area contributed by atoms with E-state index >= 15 is 0 Å². The third-order valence-corrected chi connectivity index (χ3v) is 19.4. The van der Waals surface area contributed by atoms with Gasteiger partial charge in [-0.15, -0.1) is 0 Å². The Bertz CT molecular complexity index is 1360. The SMILES string of the molecule is CCCCCCCC/C=C\CCCCCCCCOCC(CN1CCC2CCCCC2C1)OCCCOCCCOC1CCC2(C)C(=CCC3C2CCC2(C)C(CCCCC(C)C)CCC32)C1. The second-order valence-corrected chi connectivity index (χ2v) is 24.7. The molecule has 0 aromatic rings. The summed E-state index contributed by atoms with van der Waals surface area (Å²) in [6, 6.07) is 0. The van der Waals surface area contributed by atoms with Crippen molar-refractivity contribution in [2.24, 2.45) is 52.3 Å². The van der Waals surface area contributed by atoms with Crippen molar-refractivity contribution in [3.8, 4) is 0 Å². The fourth-order valence-electron chi connectivity index (χ4n) is 15.2. The highest BCUT2D eigenvalue weighted by atomic mass is 16.5. The van der Waals surface area contributed by atoms with Crippen LogP contribution in [0.1, 0.15) is 247 Å². The lowest BCUT2D eigenvalue weighted by Crippen LogP contribution is -2.50. The topological polar surface area (TPSA) is 40.2 Å². The summed E-state index contributed by atoms with van der Waals surface area (Å²) < 4.78 is 25.6. The fourth-order valence-corrected chi connectivity index (χ4v) is 15.2. The van der Waals surface area contributed by atoms with Crippen LogP contribution < -0.4 is 0 Å². The van der Waals surface area contributed by atoms with Gasteiger partial charge in [0.15, 0.2) is 0 Å². The summed E-state index contributed by atoms with van der Waals surface area (Å²) in [4.78, 5) is 2.71. The zero-order chi connectivity index (χ0) is 47.0. The monoisotopic (exact) mass is 934 g/mol. The van der Waals surface area contributed by atoms with Gasteiger partial charge in [0.05, 0.1) is 18.8 Å². The molecule has 0 aromatic carbocycles. The molecule has 6 rings (SSSR count). The average molecular weight is 935 g/mol. The first-order chi connectivity index (χ1) is 32.8. The summed E-state index contributed by atoms with van der Waals surface area (Å²) in [5.74, 6) is 6.48. The van der Waals surface area contributed by atoms with E-state index in [1.54, 1.807) is 5.57 Å². The molecular formula is C62H111NO4. The minimum atomic E-state index is 0.160. The fraction of sp³-hybridized carbons (Fsp3) is 0.935. The van der Waals surface area contributed by atoms with E-state index in [4.69, 9.17) is 18.9 Å². The molecule has 10 atom stereocenters. The zero-order valence-electron chi connectivity index (χ0n) is 45.2. The highest BCUT2D eigenvalue weighted by Crippen LogP contribution is 2.67. The Kier molecular flexibility index (Phi) is 25.7. The highest BCUT2D eigenvalue weighted by Gasteiger charge is 2.58. The molecule has 10 unspecified atom stereocenters. The van der Waals surface area contributed by atoms with Gasteiger partial charge in [-0.1, -0.05) is 155 Å². The molecule has 1 heterocycles.